The van der Waals surface area contributed by atoms with Crippen LogP contribution in [0.25, 0.3) is 0 Å². The van der Waals surface area contributed by atoms with Gasteiger partial charge in [0.2, 0.25) is 0 Å². The zero-order chi connectivity index (χ0) is 14.0. The van der Waals surface area contributed by atoms with Gasteiger partial charge in [0.1, 0.15) is 11.6 Å². The number of piperidine rings is 1. The lowest BCUT2D eigenvalue weighted by atomic mass is 9.93. The number of halogens is 2. The molecule has 1 N–H and O–H groups in total. The summed E-state index contributed by atoms with van der Waals surface area (Å²) in [6, 6.07) is 2.88. The number of hydrogen-bond donors (Lipinski definition) is 1. The van der Waals surface area contributed by atoms with Gasteiger partial charge in [-0.1, -0.05) is 0 Å². The van der Waals surface area contributed by atoms with Crippen LogP contribution in [-0.4, -0.2) is 41.0 Å². The molecule has 3 nitrogen and oxygen atoms in total. The Morgan fingerprint density at radius 3 is 2.63 bits per heavy atom. The number of rotatable bonds is 3. The van der Waals surface area contributed by atoms with Crippen LogP contribution >= 0.6 is 0 Å². The Kier molecular flexibility index (Phi) is 3.96. The van der Waals surface area contributed by atoms with Crippen molar-refractivity contribution in [1.29, 1.82) is 0 Å². The van der Waals surface area contributed by atoms with Crippen molar-refractivity contribution in [3.8, 4) is 0 Å². The van der Waals surface area contributed by atoms with E-state index in [1.54, 1.807) is 6.92 Å². The molecule has 0 atom stereocenters. The Balaban J connectivity index is 2.00. The fourth-order valence-electron chi connectivity index (χ4n) is 2.19. The van der Waals surface area contributed by atoms with Gasteiger partial charge in [-0.3, -0.25) is 9.69 Å². The van der Waals surface area contributed by atoms with Crippen molar-refractivity contribution in [2.75, 3.05) is 19.6 Å². The van der Waals surface area contributed by atoms with Gasteiger partial charge < -0.3 is 5.11 Å². The zero-order valence-corrected chi connectivity index (χ0v) is 10.8. The Bertz CT molecular complexity index is 478. The van der Waals surface area contributed by atoms with E-state index in [4.69, 9.17) is 0 Å². The monoisotopic (exact) mass is 269 g/mol. The van der Waals surface area contributed by atoms with Crippen molar-refractivity contribution in [3.63, 3.8) is 0 Å². The number of ketones is 1. The molecule has 1 heterocycles. The summed E-state index contributed by atoms with van der Waals surface area (Å²) in [6.45, 7) is 2.97. The molecule has 1 aromatic carbocycles. The molecule has 0 bridgehead atoms. The Morgan fingerprint density at radius 1 is 1.37 bits per heavy atom. The van der Waals surface area contributed by atoms with Crippen LogP contribution in [0.1, 0.15) is 30.1 Å². The lowest BCUT2D eigenvalue weighted by Gasteiger charge is -2.35. The van der Waals surface area contributed by atoms with E-state index in [0.717, 1.165) is 18.2 Å². The summed E-state index contributed by atoms with van der Waals surface area (Å²) in [7, 11) is 0. The number of likely N-dealkylation sites (tertiary alicyclic amines) is 1. The van der Waals surface area contributed by atoms with Crippen LogP contribution in [0.15, 0.2) is 18.2 Å². The first-order valence-corrected chi connectivity index (χ1v) is 6.30. The largest absolute Gasteiger partial charge is 0.390 e. The van der Waals surface area contributed by atoms with Gasteiger partial charge in [-0.2, -0.15) is 0 Å². The van der Waals surface area contributed by atoms with Crippen LogP contribution in [-0.2, 0) is 0 Å². The molecular weight excluding hydrogens is 252 g/mol. The molecule has 0 saturated carbocycles. The molecule has 1 aliphatic heterocycles. The van der Waals surface area contributed by atoms with Crippen LogP contribution in [0.2, 0.25) is 0 Å². The molecule has 0 aliphatic carbocycles. The highest BCUT2D eigenvalue weighted by Gasteiger charge is 2.28. The maximum Gasteiger partial charge on any atom is 0.179 e. The first-order chi connectivity index (χ1) is 8.87. The fraction of sp³-hybridized carbons (Fsp3) is 0.500. The number of nitrogens with zero attached hydrogens (tertiary/aromatic N) is 1. The second kappa shape index (κ2) is 5.35. The van der Waals surface area contributed by atoms with Crippen LogP contribution in [0.3, 0.4) is 0 Å². The van der Waals surface area contributed by atoms with E-state index in [2.05, 4.69) is 0 Å². The van der Waals surface area contributed by atoms with Crippen molar-refractivity contribution >= 4 is 5.78 Å². The molecule has 0 spiro atoms. The highest BCUT2D eigenvalue weighted by Crippen LogP contribution is 2.21. The van der Waals surface area contributed by atoms with E-state index >= 15 is 0 Å². The molecule has 0 radical (unpaired) electrons. The third-order valence-corrected chi connectivity index (χ3v) is 3.53. The van der Waals surface area contributed by atoms with Gasteiger partial charge in [0.15, 0.2) is 5.78 Å². The van der Waals surface area contributed by atoms with Crippen molar-refractivity contribution in [3.05, 3.63) is 35.4 Å². The highest BCUT2D eigenvalue weighted by molar-refractivity contribution is 5.97. The average molecular weight is 269 g/mol. The van der Waals surface area contributed by atoms with Crippen molar-refractivity contribution in [1.82, 2.24) is 4.90 Å². The molecule has 1 aliphatic rings. The van der Waals surface area contributed by atoms with Gasteiger partial charge >= 0.3 is 0 Å². The summed E-state index contributed by atoms with van der Waals surface area (Å²) in [5.41, 5.74) is -0.902. The van der Waals surface area contributed by atoms with Crippen molar-refractivity contribution < 1.29 is 18.7 Å². The molecule has 2 rings (SSSR count). The number of carbonyl (C=O) groups excluding carboxylic acids is 1. The topological polar surface area (TPSA) is 40.5 Å². The lowest BCUT2D eigenvalue weighted by molar-refractivity contribution is -0.00423. The second-order valence-corrected chi connectivity index (χ2v) is 5.32. The maximum atomic E-state index is 13.5. The summed E-state index contributed by atoms with van der Waals surface area (Å²) < 4.78 is 26.5. The molecule has 0 amide bonds. The minimum absolute atomic E-state index is 0.0520. The Morgan fingerprint density at radius 2 is 2.00 bits per heavy atom. The van der Waals surface area contributed by atoms with E-state index in [0.29, 0.717) is 25.9 Å². The molecule has 5 heteroatoms. The number of aliphatic hydroxyl groups is 1. The first kappa shape index (κ1) is 14.1. The third kappa shape index (κ3) is 3.58. The molecular formula is C14H17F2NO2. The van der Waals surface area contributed by atoms with Crippen molar-refractivity contribution in [2.24, 2.45) is 0 Å². The SMILES string of the molecule is CC1(O)CCN(CC(=O)c2cc(F)ccc2F)CC1. The molecule has 19 heavy (non-hydrogen) atoms. The maximum absolute atomic E-state index is 13.5. The number of Topliss-reactive ketones (excluding diaryl/α,β-unsaturated/α-hetero) is 1. The van der Waals surface area contributed by atoms with E-state index < -0.39 is 23.0 Å². The van der Waals surface area contributed by atoms with Gasteiger partial charge in [0.25, 0.3) is 0 Å². The van der Waals surface area contributed by atoms with Crippen LogP contribution in [0, 0.1) is 11.6 Å². The van der Waals surface area contributed by atoms with E-state index in [9.17, 15) is 18.7 Å². The normalized spacial score (nSPS) is 19.4. The van der Waals surface area contributed by atoms with E-state index in [1.807, 2.05) is 4.90 Å². The van der Waals surface area contributed by atoms with Crippen LogP contribution in [0.5, 0.6) is 0 Å². The number of hydrogen-bond acceptors (Lipinski definition) is 3. The van der Waals surface area contributed by atoms with Gasteiger partial charge in [-0.25, -0.2) is 8.78 Å². The fourth-order valence-corrected chi connectivity index (χ4v) is 2.19. The molecule has 1 aromatic rings. The number of benzene rings is 1. The summed E-state index contributed by atoms with van der Waals surface area (Å²) in [6.07, 6.45) is 1.15. The van der Waals surface area contributed by atoms with Crippen LogP contribution < -0.4 is 0 Å². The lowest BCUT2D eigenvalue weighted by Crippen LogP contribution is -2.44. The van der Waals surface area contributed by atoms with Gasteiger partial charge in [0.05, 0.1) is 17.7 Å². The highest BCUT2D eigenvalue weighted by atomic mass is 19.1. The van der Waals surface area contributed by atoms with E-state index in [-0.39, 0.29) is 12.1 Å². The molecule has 0 unspecified atom stereocenters. The van der Waals surface area contributed by atoms with E-state index in [1.165, 1.54) is 0 Å². The predicted molar refractivity (Wildman–Crippen MR) is 67.0 cm³/mol. The molecule has 0 aromatic heterocycles. The third-order valence-electron chi connectivity index (χ3n) is 3.53. The quantitative estimate of drug-likeness (QED) is 0.853. The second-order valence-electron chi connectivity index (χ2n) is 5.32. The summed E-state index contributed by atoms with van der Waals surface area (Å²) in [5, 5.41) is 9.80. The Hall–Kier alpha value is -1.33. The Labute approximate surface area is 110 Å². The molecule has 104 valence electrons. The van der Waals surface area contributed by atoms with Gasteiger partial charge in [-0.05, 0) is 38.0 Å². The smallest absolute Gasteiger partial charge is 0.179 e. The standard InChI is InChI=1S/C14H17F2NO2/c1-14(19)4-6-17(7-5-14)9-13(18)11-8-10(15)2-3-12(11)16/h2-3,8,19H,4-7,9H2,1H3. The summed E-state index contributed by atoms with van der Waals surface area (Å²) in [4.78, 5) is 13.8. The van der Waals surface area contributed by atoms with Gasteiger partial charge in [-0.15, -0.1) is 0 Å². The van der Waals surface area contributed by atoms with Crippen LogP contribution in [0.4, 0.5) is 8.78 Å². The summed E-state index contributed by atoms with van der Waals surface area (Å²) in [5.74, 6) is -1.75. The predicted octanol–water partition coefficient (Wildman–Crippen LogP) is 1.99. The average Bonchev–Trinajstić information content (AvgIpc) is 2.35. The minimum atomic E-state index is -0.699. The molecule has 1 saturated heterocycles. The first-order valence-electron chi connectivity index (χ1n) is 6.30. The zero-order valence-electron chi connectivity index (χ0n) is 10.8. The molecule has 1 fully saturated rings. The minimum Gasteiger partial charge on any atom is -0.390 e. The van der Waals surface area contributed by atoms with Crippen molar-refractivity contribution in [2.45, 2.75) is 25.4 Å². The van der Waals surface area contributed by atoms with Gasteiger partial charge in [0, 0.05) is 13.1 Å². The number of carbonyl (C=O) groups is 1. The summed E-state index contributed by atoms with van der Waals surface area (Å²) >= 11 is 0.